The lowest BCUT2D eigenvalue weighted by Crippen LogP contribution is -2.45. The molecule has 1 amide bonds. The Balaban J connectivity index is 1.79. The number of hydrogen-bond acceptors (Lipinski definition) is 5. The van der Waals surface area contributed by atoms with Gasteiger partial charge in [0.2, 0.25) is 0 Å². The second-order valence-electron chi connectivity index (χ2n) is 7.60. The van der Waals surface area contributed by atoms with Crippen molar-refractivity contribution >= 4 is 23.2 Å². The highest BCUT2D eigenvalue weighted by atomic mass is 35.5. The summed E-state index contributed by atoms with van der Waals surface area (Å²) in [4.78, 5) is 12.7. The molecule has 1 aromatic rings. The molecule has 1 atom stereocenters. The number of unbranched alkanes of at least 4 members (excludes halogenated alkanes) is 7. The summed E-state index contributed by atoms with van der Waals surface area (Å²) < 4.78 is 11.5. The molecule has 1 aliphatic heterocycles. The van der Waals surface area contributed by atoms with Crippen molar-refractivity contribution in [3.8, 4) is 5.75 Å². The molecule has 164 valence electrons. The number of morpholine rings is 1. The first kappa shape index (κ1) is 23.8. The van der Waals surface area contributed by atoms with Crippen LogP contribution in [-0.4, -0.2) is 44.9 Å². The number of carbonyl (C=O) groups is 1. The minimum atomic E-state index is -0.230. The van der Waals surface area contributed by atoms with Gasteiger partial charge in [-0.2, -0.15) is 0 Å². The van der Waals surface area contributed by atoms with E-state index in [0.29, 0.717) is 41.8 Å². The molecule has 1 saturated heterocycles. The van der Waals surface area contributed by atoms with Crippen LogP contribution in [0.25, 0.3) is 0 Å². The van der Waals surface area contributed by atoms with Gasteiger partial charge < -0.3 is 25.8 Å². The molecule has 0 aliphatic carbocycles. The maximum Gasteiger partial charge on any atom is 0.255 e. The maximum atomic E-state index is 12.7. The summed E-state index contributed by atoms with van der Waals surface area (Å²) in [6.45, 7) is 5.45. The number of halogens is 1. The Morgan fingerprint density at radius 1 is 1.24 bits per heavy atom. The molecule has 0 aromatic heterocycles. The normalized spacial score (nSPS) is 16.6. The Bertz CT molecular complexity index is 622. The third-order valence-electron chi connectivity index (χ3n) is 5.09. The third-order valence-corrected chi connectivity index (χ3v) is 5.42. The summed E-state index contributed by atoms with van der Waals surface area (Å²) >= 11 is 6.14. The second-order valence-corrected chi connectivity index (χ2v) is 8.01. The average molecular weight is 426 g/mol. The molecular weight excluding hydrogens is 390 g/mol. The molecule has 2 rings (SSSR count). The van der Waals surface area contributed by atoms with Crippen molar-refractivity contribution in [2.45, 2.75) is 64.4 Å². The molecule has 0 spiro atoms. The lowest BCUT2D eigenvalue weighted by atomic mass is 10.1. The number of nitrogen functional groups attached to an aromatic ring is 1. The maximum absolute atomic E-state index is 12.7. The highest BCUT2D eigenvalue weighted by Crippen LogP contribution is 2.29. The van der Waals surface area contributed by atoms with Crippen molar-refractivity contribution in [2.75, 3.05) is 38.6 Å². The quantitative estimate of drug-likeness (QED) is 0.326. The Hall–Kier alpha value is -1.50. The topological polar surface area (TPSA) is 85.6 Å². The molecule has 0 bridgehead atoms. The number of ether oxygens (including phenoxy) is 2. The van der Waals surface area contributed by atoms with Crippen molar-refractivity contribution in [1.82, 2.24) is 10.6 Å². The number of nitrogens with two attached hydrogens (primary N) is 1. The van der Waals surface area contributed by atoms with E-state index in [1.165, 1.54) is 38.5 Å². The molecule has 1 aliphatic rings. The van der Waals surface area contributed by atoms with Gasteiger partial charge in [-0.05, 0) is 12.5 Å². The van der Waals surface area contributed by atoms with Crippen LogP contribution in [0.15, 0.2) is 12.1 Å². The minimum Gasteiger partial charge on any atom is -0.493 e. The van der Waals surface area contributed by atoms with E-state index in [4.69, 9.17) is 26.8 Å². The van der Waals surface area contributed by atoms with Gasteiger partial charge >= 0.3 is 0 Å². The number of rotatable bonds is 13. The molecular formula is C22H36ClN3O3. The fourth-order valence-corrected chi connectivity index (χ4v) is 3.50. The van der Waals surface area contributed by atoms with E-state index < -0.39 is 0 Å². The summed E-state index contributed by atoms with van der Waals surface area (Å²) in [5.41, 5.74) is 6.74. The van der Waals surface area contributed by atoms with Crippen molar-refractivity contribution in [3.63, 3.8) is 0 Å². The van der Waals surface area contributed by atoms with Crippen LogP contribution < -0.4 is 21.1 Å². The average Bonchev–Trinajstić information content (AvgIpc) is 2.73. The summed E-state index contributed by atoms with van der Waals surface area (Å²) in [7, 11) is 0. The van der Waals surface area contributed by atoms with E-state index >= 15 is 0 Å². The van der Waals surface area contributed by atoms with Crippen LogP contribution in [-0.2, 0) is 4.74 Å². The Kier molecular flexibility index (Phi) is 11.2. The lowest BCUT2D eigenvalue weighted by Gasteiger charge is -2.24. The number of benzene rings is 1. The van der Waals surface area contributed by atoms with E-state index in [9.17, 15) is 4.79 Å². The van der Waals surface area contributed by atoms with Crippen LogP contribution >= 0.6 is 11.6 Å². The second kappa shape index (κ2) is 13.7. The predicted octanol–water partition coefficient (Wildman–Crippen LogP) is 4.16. The molecule has 1 fully saturated rings. The van der Waals surface area contributed by atoms with Crippen LogP contribution in [0.1, 0.15) is 68.6 Å². The van der Waals surface area contributed by atoms with E-state index in [1.807, 2.05) is 0 Å². The summed E-state index contributed by atoms with van der Waals surface area (Å²) in [5.74, 6) is 0.252. The first-order valence-corrected chi connectivity index (χ1v) is 11.3. The number of carbonyl (C=O) groups excluding carboxylic acids is 1. The molecule has 0 radical (unpaired) electrons. The van der Waals surface area contributed by atoms with Crippen molar-refractivity contribution in [1.29, 1.82) is 0 Å². The third kappa shape index (κ3) is 8.81. The van der Waals surface area contributed by atoms with E-state index in [2.05, 4.69) is 17.6 Å². The molecule has 0 saturated carbocycles. The summed E-state index contributed by atoms with van der Waals surface area (Å²) in [6, 6.07) is 3.22. The molecule has 1 aromatic carbocycles. The van der Waals surface area contributed by atoms with Crippen molar-refractivity contribution in [2.24, 2.45) is 0 Å². The first-order valence-electron chi connectivity index (χ1n) is 10.9. The van der Waals surface area contributed by atoms with Gasteiger partial charge in [0, 0.05) is 25.7 Å². The fraction of sp³-hybridized carbons (Fsp3) is 0.682. The van der Waals surface area contributed by atoms with Crippen molar-refractivity contribution < 1.29 is 14.3 Å². The van der Waals surface area contributed by atoms with Crippen LogP contribution in [0.4, 0.5) is 5.69 Å². The predicted molar refractivity (Wildman–Crippen MR) is 119 cm³/mol. The van der Waals surface area contributed by atoms with E-state index in [1.54, 1.807) is 12.1 Å². The molecule has 7 heteroatoms. The standard InChI is InChI=1S/C22H36ClN3O3/c1-2-3-4-5-6-7-8-9-11-29-21-14-20(24)19(23)13-18(21)22(27)26-16-17-15-25-10-12-28-17/h13-14,17,25H,2-12,15-16,24H2,1H3,(H,26,27). The zero-order valence-corrected chi connectivity index (χ0v) is 18.4. The van der Waals surface area contributed by atoms with Gasteiger partial charge in [0.15, 0.2) is 0 Å². The number of nitrogens with one attached hydrogen (secondary N) is 2. The van der Waals surface area contributed by atoms with Crippen molar-refractivity contribution in [3.05, 3.63) is 22.7 Å². The highest BCUT2D eigenvalue weighted by Gasteiger charge is 2.18. The zero-order valence-electron chi connectivity index (χ0n) is 17.6. The van der Waals surface area contributed by atoms with Gasteiger partial charge in [0.25, 0.3) is 5.91 Å². The lowest BCUT2D eigenvalue weighted by molar-refractivity contribution is 0.0287. The number of hydrogen-bond donors (Lipinski definition) is 3. The van der Waals surface area contributed by atoms with Gasteiger partial charge in [-0.1, -0.05) is 63.5 Å². The van der Waals surface area contributed by atoms with Gasteiger partial charge in [0.05, 0.1) is 35.6 Å². The molecule has 4 N–H and O–H groups in total. The van der Waals surface area contributed by atoms with Crippen LogP contribution in [0.3, 0.4) is 0 Å². The van der Waals surface area contributed by atoms with Gasteiger partial charge in [-0.25, -0.2) is 0 Å². The van der Waals surface area contributed by atoms with Gasteiger partial charge in [-0.15, -0.1) is 0 Å². The monoisotopic (exact) mass is 425 g/mol. The summed E-state index contributed by atoms with van der Waals surface area (Å²) in [6.07, 6.45) is 9.80. The van der Waals surface area contributed by atoms with Crippen LogP contribution in [0.2, 0.25) is 5.02 Å². The SMILES string of the molecule is CCCCCCCCCCOc1cc(N)c(Cl)cc1C(=O)NCC1CNCCO1. The van der Waals surface area contributed by atoms with Crippen LogP contribution in [0, 0.1) is 0 Å². The molecule has 1 unspecified atom stereocenters. The Morgan fingerprint density at radius 2 is 1.97 bits per heavy atom. The smallest absolute Gasteiger partial charge is 0.255 e. The highest BCUT2D eigenvalue weighted by molar-refractivity contribution is 6.33. The Labute approximate surface area is 179 Å². The molecule has 6 nitrogen and oxygen atoms in total. The van der Waals surface area contributed by atoms with Gasteiger partial charge in [0.1, 0.15) is 5.75 Å². The Morgan fingerprint density at radius 3 is 2.66 bits per heavy atom. The van der Waals surface area contributed by atoms with Gasteiger partial charge in [-0.3, -0.25) is 4.79 Å². The number of amides is 1. The van der Waals surface area contributed by atoms with E-state index in [0.717, 1.165) is 25.9 Å². The largest absolute Gasteiger partial charge is 0.493 e. The molecule has 1 heterocycles. The summed E-state index contributed by atoms with van der Waals surface area (Å²) in [5, 5.41) is 6.51. The fourth-order valence-electron chi connectivity index (χ4n) is 3.34. The first-order chi connectivity index (χ1) is 14.1. The number of anilines is 1. The molecule has 29 heavy (non-hydrogen) atoms. The minimum absolute atomic E-state index is 0.0290. The van der Waals surface area contributed by atoms with Crippen LogP contribution in [0.5, 0.6) is 5.75 Å². The zero-order chi connectivity index (χ0) is 20.9. The van der Waals surface area contributed by atoms with E-state index in [-0.39, 0.29) is 12.0 Å².